The quantitative estimate of drug-likeness (QED) is 0.803. The molecule has 0 amide bonds. The second-order valence-corrected chi connectivity index (χ2v) is 5.84. The van der Waals surface area contributed by atoms with Crippen molar-refractivity contribution in [3.63, 3.8) is 0 Å². The lowest BCUT2D eigenvalue weighted by molar-refractivity contribution is -0.137. The Bertz CT molecular complexity index is 920. The number of carbonyl (C=O) groups is 1. The van der Waals surface area contributed by atoms with Crippen molar-refractivity contribution in [3.05, 3.63) is 56.8 Å². The van der Waals surface area contributed by atoms with E-state index >= 15 is 0 Å². The molecule has 0 aliphatic rings. The molecule has 1 heterocycles. The smallest absolute Gasteiger partial charge is 0.416 e. The summed E-state index contributed by atoms with van der Waals surface area (Å²) in [5, 5.41) is 22.9. The molecule has 0 aliphatic heterocycles. The van der Waals surface area contributed by atoms with Crippen LogP contribution in [-0.4, -0.2) is 26.0 Å². The normalized spacial score (nSPS) is 11.8. The summed E-state index contributed by atoms with van der Waals surface area (Å²) in [4.78, 5) is 23.4. The first kappa shape index (κ1) is 19.4. The molecule has 1 aromatic carbocycles. The van der Waals surface area contributed by atoms with Gasteiger partial charge in [-0.1, -0.05) is 19.9 Å². The molecule has 0 atom stereocenters. The van der Waals surface area contributed by atoms with Crippen LogP contribution in [-0.2, 0) is 12.7 Å². The van der Waals surface area contributed by atoms with Gasteiger partial charge in [0, 0.05) is 11.5 Å². The zero-order valence-corrected chi connectivity index (χ0v) is 13.6. The van der Waals surface area contributed by atoms with Crippen molar-refractivity contribution in [1.29, 1.82) is 0 Å². The molecule has 0 saturated heterocycles. The molecule has 0 fully saturated rings. The van der Waals surface area contributed by atoms with E-state index < -0.39 is 52.9 Å². The maximum atomic E-state index is 14.0. The minimum atomic E-state index is -4.73. The third-order valence-corrected chi connectivity index (χ3v) is 3.62. The maximum absolute atomic E-state index is 14.0. The lowest BCUT2D eigenvalue weighted by atomic mass is 10.1. The van der Waals surface area contributed by atoms with Gasteiger partial charge in [-0.25, -0.2) is 13.9 Å². The topological polar surface area (TPSA) is 92.4 Å². The van der Waals surface area contributed by atoms with Gasteiger partial charge < -0.3 is 10.2 Å². The van der Waals surface area contributed by atoms with Gasteiger partial charge in [0.05, 0.1) is 12.1 Å². The number of aromatic nitrogens is 2. The first-order valence-electron chi connectivity index (χ1n) is 7.36. The van der Waals surface area contributed by atoms with Gasteiger partial charge in [0.25, 0.3) is 5.56 Å². The minimum Gasteiger partial charge on any atom is -0.505 e. The predicted molar refractivity (Wildman–Crippen MR) is 81.7 cm³/mol. The summed E-state index contributed by atoms with van der Waals surface area (Å²) in [6, 6.07) is 1.77. The number of aromatic carboxylic acids is 1. The van der Waals surface area contributed by atoms with Gasteiger partial charge in [-0.15, -0.1) is 0 Å². The first-order valence-corrected chi connectivity index (χ1v) is 7.36. The molecular weight excluding hydrogens is 360 g/mol. The Balaban J connectivity index is 2.57. The van der Waals surface area contributed by atoms with E-state index in [0.717, 1.165) is 6.07 Å². The number of benzene rings is 1. The Morgan fingerprint density at radius 3 is 2.38 bits per heavy atom. The van der Waals surface area contributed by atoms with Crippen LogP contribution in [0, 0.1) is 5.82 Å². The van der Waals surface area contributed by atoms with Crippen LogP contribution >= 0.6 is 0 Å². The zero-order valence-electron chi connectivity index (χ0n) is 13.6. The summed E-state index contributed by atoms with van der Waals surface area (Å²) in [6.45, 7) is 2.57. The molecule has 140 valence electrons. The van der Waals surface area contributed by atoms with Crippen molar-refractivity contribution < 1.29 is 32.6 Å². The highest BCUT2D eigenvalue weighted by Gasteiger charge is 2.31. The van der Waals surface area contributed by atoms with Gasteiger partial charge in [-0.3, -0.25) is 4.79 Å². The number of carboxylic acids is 1. The highest BCUT2D eigenvalue weighted by atomic mass is 19.4. The summed E-state index contributed by atoms with van der Waals surface area (Å²) >= 11 is 0. The van der Waals surface area contributed by atoms with Gasteiger partial charge in [0.1, 0.15) is 11.5 Å². The van der Waals surface area contributed by atoms with Gasteiger partial charge in [0.15, 0.2) is 11.3 Å². The number of aromatic hydroxyl groups is 1. The Kier molecular flexibility index (Phi) is 5.06. The number of nitrogens with zero attached hydrogens (tertiary/aromatic N) is 2. The Morgan fingerprint density at radius 2 is 1.92 bits per heavy atom. The molecular formula is C16H14F4N2O4. The van der Waals surface area contributed by atoms with Gasteiger partial charge in [-0.05, 0) is 12.1 Å². The fourth-order valence-corrected chi connectivity index (χ4v) is 2.28. The number of carboxylic acid groups (broad SMARTS) is 1. The van der Waals surface area contributed by atoms with Gasteiger partial charge in [-0.2, -0.15) is 18.3 Å². The molecule has 6 nitrogen and oxygen atoms in total. The van der Waals surface area contributed by atoms with E-state index in [1.165, 1.54) is 0 Å². The van der Waals surface area contributed by atoms with Crippen LogP contribution in [0.3, 0.4) is 0 Å². The molecule has 0 spiro atoms. The molecule has 0 bridgehead atoms. The second kappa shape index (κ2) is 6.77. The summed E-state index contributed by atoms with van der Waals surface area (Å²) < 4.78 is 52.4. The molecule has 2 aromatic rings. The molecule has 2 rings (SSSR count). The van der Waals surface area contributed by atoms with Crippen molar-refractivity contribution in [2.75, 3.05) is 0 Å². The second-order valence-electron chi connectivity index (χ2n) is 5.84. The number of halogens is 4. The lowest BCUT2D eigenvalue weighted by Gasteiger charge is -2.14. The number of hydrogen-bond acceptors (Lipinski definition) is 4. The fraction of sp³-hybridized carbons (Fsp3) is 0.312. The molecule has 0 saturated carbocycles. The zero-order chi connectivity index (χ0) is 19.8. The number of alkyl halides is 3. The van der Waals surface area contributed by atoms with Crippen molar-refractivity contribution in [1.82, 2.24) is 9.78 Å². The van der Waals surface area contributed by atoms with E-state index in [1.807, 2.05) is 0 Å². The van der Waals surface area contributed by atoms with E-state index in [4.69, 9.17) is 5.11 Å². The Labute approximate surface area is 144 Å². The average Bonchev–Trinajstić information content (AvgIpc) is 2.50. The lowest BCUT2D eigenvalue weighted by Crippen LogP contribution is -2.31. The van der Waals surface area contributed by atoms with Crippen LogP contribution in [0.4, 0.5) is 17.6 Å². The third-order valence-electron chi connectivity index (χ3n) is 3.62. The van der Waals surface area contributed by atoms with Crippen LogP contribution in [0.2, 0.25) is 0 Å². The van der Waals surface area contributed by atoms with Crippen molar-refractivity contribution in [2.24, 2.45) is 0 Å². The van der Waals surface area contributed by atoms with Crippen LogP contribution in [0.15, 0.2) is 23.0 Å². The van der Waals surface area contributed by atoms with Crippen LogP contribution < -0.4 is 5.56 Å². The molecule has 0 radical (unpaired) electrons. The molecule has 1 aromatic heterocycles. The summed E-state index contributed by atoms with van der Waals surface area (Å²) in [7, 11) is 0. The standard InChI is InChI=1S/C16H14F4N2O4/c1-7(2)12-13(23)11(15(25)26)14(24)22(21-12)6-8-3-4-9(5-10(8)17)16(18,19)20/h3-5,7,23H,6H2,1-2H3,(H,25,26). The Morgan fingerprint density at radius 1 is 1.31 bits per heavy atom. The average molecular weight is 374 g/mol. The summed E-state index contributed by atoms with van der Waals surface area (Å²) in [5.74, 6) is -4.16. The minimum absolute atomic E-state index is 0.102. The number of rotatable bonds is 4. The predicted octanol–water partition coefficient (Wildman–Crippen LogP) is 2.98. The summed E-state index contributed by atoms with van der Waals surface area (Å²) in [6.07, 6.45) is -4.73. The maximum Gasteiger partial charge on any atom is 0.416 e. The molecule has 0 aliphatic carbocycles. The van der Waals surface area contributed by atoms with Crippen LogP contribution in [0.5, 0.6) is 5.75 Å². The molecule has 2 N–H and O–H groups in total. The van der Waals surface area contributed by atoms with Crippen molar-refractivity contribution in [2.45, 2.75) is 32.5 Å². The highest BCUT2D eigenvalue weighted by Crippen LogP contribution is 2.30. The fourth-order valence-electron chi connectivity index (χ4n) is 2.28. The van der Waals surface area contributed by atoms with Crippen molar-refractivity contribution in [3.8, 4) is 5.75 Å². The van der Waals surface area contributed by atoms with Crippen LogP contribution in [0.25, 0.3) is 0 Å². The van der Waals surface area contributed by atoms with Gasteiger partial charge in [0.2, 0.25) is 0 Å². The first-order chi connectivity index (χ1) is 11.9. The van der Waals surface area contributed by atoms with E-state index in [2.05, 4.69) is 5.10 Å². The SMILES string of the molecule is CC(C)c1nn(Cc2ccc(C(F)(F)F)cc2F)c(=O)c(C(=O)O)c1O. The molecule has 10 heteroatoms. The van der Waals surface area contributed by atoms with Gasteiger partial charge >= 0.3 is 12.1 Å². The highest BCUT2D eigenvalue weighted by molar-refractivity contribution is 5.90. The summed E-state index contributed by atoms with van der Waals surface area (Å²) in [5.41, 5.74) is -3.72. The Hall–Kier alpha value is -2.91. The third kappa shape index (κ3) is 3.68. The monoisotopic (exact) mass is 374 g/mol. The van der Waals surface area contributed by atoms with Crippen LogP contribution in [0.1, 0.15) is 46.9 Å². The van der Waals surface area contributed by atoms with E-state index in [0.29, 0.717) is 10.7 Å². The van der Waals surface area contributed by atoms with E-state index in [1.54, 1.807) is 13.8 Å². The van der Waals surface area contributed by atoms with E-state index in [9.17, 15) is 32.3 Å². The number of hydrogen-bond donors (Lipinski definition) is 2. The van der Waals surface area contributed by atoms with Crippen molar-refractivity contribution >= 4 is 5.97 Å². The van der Waals surface area contributed by atoms with E-state index in [-0.39, 0.29) is 17.3 Å². The largest absolute Gasteiger partial charge is 0.505 e. The molecule has 26 heavy (non-hydrogen) atoms. The molecule has 0 unspecified atom stereocenters.